The van der Waals surface area contributed by atoms with Crippen molar-refractivity contribution in [2.75, 3.05) is 5.73 Å². The summed E-state index contributed by atoms with van der Waals surface area (Å²) in [5.41, 5.74) is 4.39. The van der Waals surface area contributed by atoms with Gasteiger partial charge in [-0.25, -0.2) is 4.39 Å². The van der Waals surface area contributed by atoms with Gasteiger partial charge in [0.2, 0.25) is 0 Å². The standard InChI is InChI=1S/C15H12F4N2O.ClH/c16-8-3-4-11(15(17,18)19)9(6-8)10-7-12(20)13-2-1-5-21(13)14(10)22;/h3-4,6-7H,1-2,5,20H2;1H. The molecule has 2 aromatic rings. The van der Waals surface area contributed by atoms with Gasteiger partial charge in [-0.3, -0.25) is 4.79 Å². The molecule has 1 aromatic carbocycles. The Balaban J connectivity index is 0.00000192. The lowest BCUT2D eigenvalue weighted by Crippen LogP contribution is -2.23. The number of hydrogen-bond donors (Lipinski definition) is 1. The molecule has 0 saturated heterocycles. The summed E-state index contributed by atoms with van der Waals surface area (Å²) in [6.45, 7) is 0.406. The molecule has 0 spiro atoms. The van der Waals surface area contributed by atoms with Gasteiger partial charge in [-0.2, -0.15) is 13.2 Å². The second-order valence-electron chi connectivity index (χ2n) is 5.21. The summed E-state index contributed by atoms with van der Waals surface area (Å²) in [7, 11) is 0. The molecule has 0 radical (unpaired) electrons. The predicted octanol–water partition coefficient (Wildman–Crippen LogP) is 3.62. The lowest BCUT2D eigenvalue weighted by atomic mass is 9.99. The van der Waals surface area contributed by atoms with Crippen molar-refractivity contribution in [3.63, 3.8) is 0 Å². The molecule has 0 amide bonds. The largest absolute Gasteiger partial charge is 0.417 e. The molecule has 2 heterocycles. The van der Waals surface area contributed by atoms with Crippen LogP contribution >= 0.6 is 12.4 Å². The summed E-state index contributed by atoms with van der Waals surface area (Å²) < 4.78 is 54.1. The highest BCUT2D eigenvalue weighted by Crippen LogP contribution is 2.37. The summed E-state index contributed by atoms with van der Waals surface area (Å²) in [6, 6.07) is 3.29. The minimum atomic E-state index is -4.69. The Bertz CT molecular complexity index is 814. The summed E-state index contributed by atoms with van der Waals surface area (Å²) in [5.74, 6) is -0.841. The molecule has 0 unspecified atom stereocenters. The van der Waals surface area contributed by atoms with E-state index in [1.165, 1.54) is 10.6 Å². The fourth-order valence-electron chi connectivity index (χ4n) is 2.82. The minimum Gasteiger partial charge on any atom is -0.397 e. The van der Waals surface area contributed by atoms with Gasteiger partial charge < -0.3 is 10.3 Å². The Kier molecular flexibility index (Phi) is 4.43. The van der Waals surface area contributed by atoms with Crippen molar-refractivity contribution in [3.05, 3.63) is 51.7 Å². The van der Waals surface area contributed by atoms with Crippen molar-refractivity contribution in [1.82, 2.24) is 4.57 Å². The number of nitrogen functional groups attached to an aromatic ring is 1. The number of nitrogens with two attached hydrogens (primary N) is 1. The Labute approximate surface area is 135 Å². The van der Waals surface area contributed by atoms with Gasteiger partial charge in [0.1, 0.15) is 5.82 Å². The third kappa shape index (κ3) is 2.93. The molecule has 23 heavy (non-hydrogen) atoms. The smallest absolute Gasteiger partial charge is 0.397 e. The molecular weight excluding hydrogens is 336 g/mol. The first-order valence-corrected chi connectivity index (χ1v) is 6.68. The van der Waals surface area contributed by atoms with Crippen LogP contribution in [-0.4, -0.2) is 4.57 Å². The molecule has 0 atom stereocenters. The van der Waals surface area contributed by atoms with E-state index in [0.717, 1.165) is 12.1 Å². The molecule has 3 nitrogen and oxygen atoms in total. The van der Waals surface area contributed by atoms with E-state index in [4.69, 9.17) is 5.73 Å². The molecule has 124 valence electrons. The maximum absolute atomic E-state index is 13.4. The Morgan fingerprint density at radius 3 is 2.48 bits per heavy atom. The number of aromatic nitrogens is 1. The molecule has 0 saturated carbocycles. The van der Waals surface area contributed by atoms with Gasteiger partial charge in [0, 0.05) is 23.4 Å². The molecule has 0 aliphatic carbocycles. The first kappa shape index (κ1) is 17.3. The minimum absolute atomic E-state index is 0. The van der Waals surface area contributed by atoms with E-state index in [9.17, 15) is 22.4 Å². The number of hydrogen-bond acceptors (Lipinski definition) is 2. The zero-order chi connectivity index (χ0) is 16.1. The predicted molar refractivity (Wildman–Crippen MR) is 81.1 cm³/mol. The number of nitrogens with zero attached hydrogens (tertiary/aromatic N) is 1. The summed E-state index contributed by atoms with van der Waals surface area (Å²) in [4.78, 5) is 12.4. The van der Waals surface area contributed by atoms with Crippen molar-refractivity contribution in [1.29, 1.82) is 0 Å². The van der Waals surface area contributed by atoms with E-state index in [1.807, 2.05) is 0 Å². The van der Waals surface area contributed by atoms with Gasteiger partial charge in [0.15, 0.2) is 0 Å². The fourth-order valence-corrected chi connectivity index (χ4v) is 2.82. The SMILES string of the molecule is Cl.Nc1cc(-c2cc(F)ccc2C(F)(F)F)c(=O)n2c1CCC2. The highest BCUT2D eigenvalue weighted by atomic mass is 35.5. The van der Waals surface area contributed by atoms with Crippen molar-refractivity contribution < 1.29 is 17.6 Å². The summed E-state index contributed by atoms with van der Waals surface area (Å²) >= 11 is 0. The normalized spacial score (nSPS) is 13.6. The number of fused-ring (bicyclic) bond motifs is 1. The maximum Gasteiger partial charge on any atom is 0.417 e. The average molecular weight is 349 g/mol. The van der Waals surface area contributed by atoms with Crippen LogP contribution in [0.1, 0.15) is 17.7 Å². The molecule has 0 bridgehead atoms. The van der Waals surface area contributed by atoms with Crippen LogP contribution in [0.25, 0.3) is 11.1 Å². The number of alkyl halides is 3. The van der Waals surface area contributed by atoms with E-state index in [-0.39, 0.29) is 23.7 Å². The molecule has 8 heteroatoms. The molecule has 1 aliphatic rings. The quantitative estimate of drug-likeness (QED) is 0.800. The van der Waals surface area contributed by atoms with Gasteiger partial charge >= 0.3 is 6.18 Å². The van der Waals surface area contributed by atoms with Crippen molar-refractivity contribution in [3.8, 4) is 11.1 Å². The third-order valence-electron chi connectivity index (χ3n) is 3.81. The maximum atomic E-state index is 13.4. The molecule has 1 aliphatic heterocycles. The van der Waals surface area contributed by atoms with Crippen molar-refractivity contribution in [2.24, 2.45) is 0 Å². The second-order valence-corrected chi connectivity index (χ2v) is 5.21. The van der Waals surface area contributed by atoms with E-state index < -0.39 is 28.7 Å². The van der Waals surface area contributed by atoms with Crippen molar-refractivity contribution >= 4 is 18.1 Å². The monoisotopic (exact) mass is 348 g/mol. The van der Waals surface area contributed by atoms with Crippen LogP contribution in [0.4, 0.5) is 23.2 Å². The van der Waals surface area contributed by atoms with E-state index in [2.05, 4.69) is 0 Å². The third-order valence-corrected chi connectivity index (χ3v) is 3.81. The zero-order valence-corrected chi connectivity index (χ0v) is 12.6. The molecular formula is C15H13ClF4N2O. The molecule has 0 fully saturated rings. The number of pyridine rings is 1. The number of rotatable bonds is 1. The fraction of sp³-hybridized carbons (Fsp3) is 0.267. The number of anilines is 1. The van der Waals surface area contributed by atoms with E-state index in [0.29, 0.717) is 31.1 Å². The Morgan fingerprint density at radius 2 is 1.83 bits per heavy atom. The first-order valence-electron chi connectivity index (χ1n) is 6.68. The molecule has 2 N–H and O–H groups in total. The number of halogens is 5. The highest BCUT2D eigenvalue weighted by molar-refractivity contribution is 5.85. The van der Waals surface area contributed by atoms with Crippen LogP contribution < -0.4 is 11.3 Å². The molecule has 3 rings (SSSR count). The Hall–Kier alpha value is -2.02. The van der Waals surface area contributed by atoms with Crippen LogP contribution in [0.2, 0.25) is 0 Å². The van der Waals surface area contributed by atoms with Gasteiger partial charge in [-0.15, -0.1) is 12.4 Å². The van der Waals surface area contributed by atoms with Crippen LogP contribution in [0, 0.1) is 5.82 Å². The van der Waals surface area contributed by atoms with Gasteiger partial charge in [0.05, 0.1) is 11.3 Å². The Morgan fingerprint density at radius 1 is 1.13 bits per heavy atom. The van der Waals surface area contributed by atoms with E-state index >= 15 is 0 Å². The summed E-state index contributed by atoms with van der Waals surface area (Å²) in [6.07, 6.45) is -3.37. The van der Waals surface area contributed by atoms with Gasteiger partial charge in [0.25, 0.3) is 5.56 Å². The topological polar surface area (TPSA) is 48.0 Å². The molecule has 1 aromatic heterocycles. The van der Waals surface area contributed by atoms with Crippen LogP contribution in [-0.2, 0) is 19.1 Å². The first-order chi connectivity index (χ1) is 10.3. The lowest BCUT2D eigenvalue weighted by Gasteiger charge is -2.15. The number of benzene rings is 1. The van der Waals surface area contributed by atoms with Crippen LogP contribution in [0.15, 0.2) is 29.1 Å². The van der Waals surface area contributed by atoms with Crippen LogP contribution in [0.5, 0.6) is 0 Å². The van der Waals surface area contributed by atoms with Gasteiger partial charge in [-0.1, -0.05) is 0 Å². The van der Waals surface area contributed by atoms with Crippen LogP contribution in [0.3, 0.4) is 0 Å². The zero-order valence-electron chi connectivity index (χ0n) is 11.8. The van der Waals surface area contributed by atoms with Crippen molar-refractivity contribution in [2.45, 2.75) is 25.6 Å². The van der Waals surface area contributed by atoms with E-state index in [1.54, 1.807) is 0 Å². The summed E-state index contributed by atoms with van der Waals surface area (Å²) in [5, 5.41) is 0. The second kappa shape index (κ2) is 5.88. The lowest BCUT2D eigenvalue weighted by molar-refractivity contribution is -0.137. The van der Waals surface area contributed by atoms with Gasteiger partial charge in [-0.05, 0) is 37.1 Å². The highest BCUT2D eigenvalue weighted by Gasteiger charge is 2.35. The average Bonchev–Trinajstić information content (AvgIpc) is 2.91.